The Labute approximate surface area is 134 Å². The molecule has 8 heteroatoms. The number of amides is 1. The molecule has 1 amide bonds. The molecule has 0 saturated heterocycles. The molecule has 0 bridgehead atoms. The van der Waals surface area contributed by atoms with Crippen LogP contribution in [0.15, 0.2) is 10.6 Å². The van der Waals surface area contributed by atoms with E-state index >= 15 is 0 Å². The van der Waals surface area contributed by atoms with Gasteiger partial charge in [0.25, 0.3) is 0 Å². The summed E-state index contributed by atoms with van der Waals surface area (Å²) in [6, 6.07) is 1.23. The predicted molar refractivity (Wildman–Crippen MR) is 83.8 cm³/mol. The Morgan fingerprint density at radius 1 is 1.35 bits per heavy atom. The van der Waals surface area contributed by atoms with Crippen LogP contribution in [0, 0.1) is 6.92 Å². The number of hydrogen-bond acceptors (Lipinski definition) is 6. The molecule has 0 spiro atoms. The lowest BCUT2D eigenvalue weighted by Crippen LogP contribution is -2.40. The minimum Gasteiger partial charge on any atom is -0.360 e. The van der Waals surface area contributed by atoms with E-state index in [0.29, 0.717) is 11.6 Å². The molecule has 1 aliphatic rings. The molecule has 3 heterocycles. The van der Waals surface area contributed by atoms with Crippen molar-refractivity contribution in [2.75, 3.05) is 5.32 Å². The summed E-state index contributed by atoms with van der Waals surface area (Å²) in [6.45, 7) is 6.53. The molecule has 2 N–H and O–H groups in total. The minimum atomic E-state index is -0.390. The van der Waals surface area contributed by atoms with E-state index in [1.165, 1.54) is 0 Å². The molecule has 8 nitrogen and oxygen atoms in total. The normalized spacial score (nSPS) is 16.7. The van der Waals surface area contributed by atoms with E-state index in [4.69, 9.17) is 4.52 Å². The summed E-state index contributed by atoms with van der Waals surface area (Å²) in [7, 11) is 0. The zero-order valence-electron chi connectivity index (χ0n) is 13.7. The predicted octanol–water partition coefficient (Wildman–Crippen LogP) is 1.59. The standard InChI is InChI=1S/C15H22N6O2/c1-9-8-12(20-23-9)17-15(22)11(3)16-10(2)14-19-18-13-6-4-5-7-21(13)14/h8,10-11,16H,4-7H2,1-3H3,(H,17,20,22)/t10-,11-/m0/s1. The second kappa shape index (κ2) is 6.49. The van der Waals surface area contributed by atoms with Crippen molar-refractivity contribution < 1.29 is 9.32 Å². The van der Waals surface area contributed by atoms with Gasteiger partial charge in [0, 0.05) is 19.0 Å². The van der Waals surface area contributed by atoms with Crippen LogP contribution in [0.3, 0.4) is 0 Å². The molecular weight excluding hydrogens is 296 g/mol. The number of hydrogen-bond donors (Lipinski definition) is 2. The van der Waals surface area contributed by atoms with Crippen LogP contribution in [-0.4, -0.2) is 31.9 Å². The van der Waals surface area contributed by atoms with Gasteiger partial charge >= 0.3 is 0 Å². The molecule has 0 aromatic carbocycles. The topological polar surface area (TPSA) is 97.9 Å². The van der Waals surface area contributed by atoms with Crippen molar-refractivity contribution in [3.8, 4) is 0 Å². The maximum Gasteiger partial charge on any atom is 0.242 e. The maximum absolute atomic E-state index is 12.2. The van der Waals surface area contributed by atoms with E-state index in [1.54, 1.807) is 13.0 Å². The number of carbonyl (C=O) groups excluding carboxylic acids is 1. The zero-order chi connectivity index (χ0) is 16.4. The molecule has 1 aliphatic heterocycles. The fourth-order valence-corrected chi connectivity index (χ4v) is 2.84. The Morgan fingerprint density at radius 2 is 2.17 bits per heavy atom. The third kappa shape index (κ3) is 3.42. The Kier molecular flexibility index (Phi) is 4.42. The minimum absolute atomic E-state index is 0.0610. The molecule has 23 heavy (non-hydrogen) atoms. The molecule has 2 aromatic rings. The molecule has 0 saturated carbocycles. The van der Waals surface area contributed by atoms with Crippen LogP contribution in [0.2, 0.25) is 0 Å². The largest absolute Gasteiger partial charge is 0.360 e. The highest BCUT2D eigenvalue weighted by Crippen LogP contribution is 2.19. The lowest BCUT2D eigenvalue weighted by Gasteiger charge is -2.21. The number of nitrogens with one attached hydrogen (secondary N) is 2. The van der Waals surface area contributed by atoms with Gasteiger partial charge in [0.05, 0.1) is 12.1 Å². The molecule has 2 aromatic heterocycles. The molecule has 124 valence electrons. The van der Waals surface area contributed by atoms with Crippen LogP contribution in [0.5, 0.6) is 0 Å². The van der Waals surface area contributed by atoms with Crippen molar-refractivity contribution in [2.24, 2.45) is 0 Å². The van der Waals surface area contributed by atoms with E-state index in [9.17, 15) is 4.79 Å². The molecule has 2 atom stereocenters. The van der Waals surface area contributed by atoms with Gasteiger partial charge < -0.3 is 14.4 Å². The number of aryl methyl sites for hydroxylation is 2. The SMILES string of the molecule is Cc1cc(NC(=O)[C@H](C)N[C@@H](C)c2nnc3n2CCCC3)no1. The van der Waals surface area contributed by atoms with Crippen LogP contribution < -0.4 is 10.6 Å². The number of nitrogens with zero attached hydrogens (tertiary/aromatic N) is 4. The highest BCUT2D eigenvalue weighted by molar-refractivity contribution is 5.93. The van der Waals surface area contributed by atoms with Gasteiger partial charge in [-0.1, -0.05) is 5.16 Å². The van der Waals surface area contributed by atoms with E-state index in [1.807, 2.05) is 13.8 Å². The van der Waals surface area contributed by atoms with Crippen LogP contribution in [0.25, 0.3) is 0 Å². The highest BCUT2D eigenvalue weighted by Gasteiger charge is 2.23. The molecule has 0 aliphatic carbocycles. The van der Waals surface area contributed by atoms with Crippen molar-refractivity contribution >= 4 is 11.7 Å². The fraction of sp³-hybridized carbons (Fsp3) is 0.600. The Hall–Kier alpha value is -2.22. The summed E-state index contributed by atoms with van der Waals surface area (Å²) in [6.07, 6.45) is 3.28. The van der Waals surface area contributed by atoms with E-state index < -0.39 is 6.04 Å². The first-order valence-corrected chi connectivity index (χ1v) is 7.97. The van der Waals surface area contributed by atoms with Crippen molar-refractivity contribution in [3.63, 3.8) is 0 Å². The van der Waals surface area contributed by atoms with Crippen molar-refractivity contribution in [1.29, 1.82) is 0 Å². The van der Waals surface area contributed by atoms with Gasteiger partial charge in [-0.2, -0.15) is 0 Å². The second-order valence-corrected chi connectivity index (χ2v) is 6.01. The Balaban J connectivity index is 1.61. The molecule has 0 radical (unpaired) electrons. The average Bonchev–Trinajstić information content (AvgIpc) is 3.13. The van der Waals surface area contributed by atoms with E-state index in [0.717, 1.165) is 37.5 Å². The number of rotatable bonds is 5. The lowest BCUT2D eigenvalue weighted by molar-refractivity contribution is -0.118. The van der Waals surface area contributed by atoms with Crippen molar-refractivity contribution in [1.82, 2.24) is 25.2 Å². The second-order valence-electron chi connectivity index (χ2n) is 6.01. The summed E-state index contributed by atoms with van der Waals surface area (Å²) >= 11 is 0. The molecular formula is C15H22N6O2. The number of aromatic nitrogens is 4. The maximum atomic E-state index is 12.2. The van der Waals surface area contributed by atoms with E-state index in [-0.39, 0.29) is 11.9 Å². The molecule has 0 unspecified atom stereocenters. The number of carbonyl (C=O) groups is 1. The van der Waals surface area contributed by atoms with Gasteiger partial charge in [0.15, 0.2) is 5.82 Å². The lowest BCUT2D eigenvalue weighted by atomic mass is 10.1. The third-order valence-corrected chi connectivity index (χ3v) is 4.05. The summed E-state index contributed by atoms with van der Waals surface area (Å²) in [5.41, 5.74) is 0. The van der Waals surface area contributed by atoms with E-state index in [2.05, 4.69) is 30.6 Å². The van der Waals surface area contributed by atoms with Gasteiger partial charge in [-0.3, -0.25) is 10.1 Å². The first-order valence-electron chi connectivity index (χ1n) is 7.97. The molecule has 3 rings (SSSR count). The summed E-state index contributed by atoms with van der Waals surface area (Å²) in [5.74, 6) is 2.84. The quantitative estimate of drug-likeness (QED) is 0.869. The summed E-state index contributed by atoms with van der Waals surface area (Å²) in [4.78, 5) is 12.2. The van der Waals surface area contributed by atoms with Gasteiger partial charge in [0.1, 0.15) is 17.4 Å². The summed E-state index contributed by atoms with van der Waals surface area (Å²) < 4.78 is 7.10. The Bertz CT molecular complexity index is 692. The fourth-order valence-electron chi connectivity index (χ4n) is 2.84. The Morgan fingerprint density at radius 3 is 2.91 bits per heavy atom. The molecule has 0 fully saturated rings. The number of anilines is 1. The average molecular weight is 318 g/mol. The van der Waals surface area contributed by atoms with Crippen LogP contribution in [0.4, 0.5) is 5.82 Å². The van der Waals surface area contributed by atoms with Crippen LogP contribution >= 0.6 is 0 Å². The highest BCUT2D eigenvalue weighted by atomic mass is 16.5. The summed E-state index contributed by atoms with van der Waals surface area (Å²) in [5, 5.41) is 18.3. The zero-order valence-corrected chi connectivity index (χ0v) is 13.7. The van der Waals surface area contributed by atoms with Crippen LogP contribution in [0.1, 0.15) is 50.1 Å². The van der Waals surface area contributed by atoms with Gasteiger partial charge in [-0.15, -0.1) is 10.2 Å². The smallest absolute Gasteiger partial charge is 0.242 e. The van der Waals surface area contributed by atoms with Gasteiger partial charge in [-0.05, 0) is 33.6 Å². The van der Waals surface area contributed by atoms with Gasteiger partial charge in [-0.25, -0.2) is 0 Å². The van der Waals surface area contributed by atoms with Crippen molar-refractivity contribution in [3.05, 3.63) is 23.5 Å². The van der Waals surface area contributed by atoms with Crippen LogP contribution in [-0.2, 0) is 17.8 Å². The van der Waals surface area contributed by atoms with Crippen molar-refractivity contribution in [2.45, 2.75) is 58.7 Å². The number of fused-ring (bicyclic) bond motifs is 1. The first-order chi connectivity index (χ1) is 11.0. The first kappa shape index (κ1) is 15.7. The monoisotopic (exact) mass is 318 g/mol. The third-order valence-electron chi connectivity index (χ3n) is 4.05. The van der Waals surface area contributed by atoms with Gasteiger partial charge in [0.2, 0.25) is 5.91 Å².